The van der Waals surface area contributed by atoms with Crippen LogP contribution in [0.1, 0.15) is 88.3 Å². The molecule has 2 saturated heterocycles. The number of hydrogen-bond acceptors (Lipinski definition) is 3. The first-order valence-electron chi connectivity index (χ1n) is 11.9. The first kappa shape index (κ1) is 20.9. The number of ether oxygens (including phenoxy) is 1. The quantitative estimate of drug-likeness (QED) is 0.748. The lowest BCUT2D eigenvalue weighted by atomic mass is 9.83. The molecule has 1 aliphatic carbocycles. The van der Waals surface area contributed by atoms with Crippen molar-refractivity contribution in [3.05, 3.63) is 35.4 Å². The monoisotopic (exact) mass is 398 g/mol. The van der Waals surface area contributed by atoms with Gasteiger partial charge in [0.1, 0.15) is 0 Å². The molecular formula is C25H38N2O2. The molecule has 2 heterocycles. The van der Waals surface area contributed by atoms with Gasteiger partial charge in [-0.05, 0) is 55.1 Å². The van der Waals surface area contributed by atoms with Crippen molar-refractivity contribution >= 4 is 5.91 Å². The number of rotatable bonds is 6. The first-order valence-corrected chi connectivity index (χ1v) is 11.9. The minimum absolute atomic E-state index is 0.0525. The van der Waals surface area contributed by atoms with Crippen molar-refractivity contribution < 1.29 is 9.53 Å². The standard InChI is InChI=1S/C25H38N2O2/c1-18(2)24(21-10-8-20(9-11-21)19-6-4-3-5-7-19)26-23-12-15-27(25(23)28)22-13-16-29-17-14-22/h8-11,18-19,22-24,26H,3-7,12-17H2,1-2H3. The predicted octanol–water partition coefficient (Wildman–Crippen LogP) is 4.80. The molecule has 1 aromatic rings. The molecule has 1 aromatic carbocycles. The number of nitrogens with zero attached hydrogens (tertiary/aromatic N) is 1. The minimum Gasteiger partial charge on any atom is -0.381 e. The third-order valence-electron chi connectivity index (χ3n) is 7.29. The molecule has 1 amide bonds. The van der Waals surface area contributed by atoms with Gasteiger partial charge in [-0.2, -0.15) is 0 Å². The topological polar surface area (TPSA) is 41.6 Å². The lowest BCUT2D eigenvalue weighted by molar-refractivity contribution is -0.133. The molecule has 3 fully saturated rings. The molecule has 4 nitrogen and oxygen atoms in total. The fourth-order valence-electron chi connectivity index (χ4n) is 5.52. The van der Waals surface area contributed by atoms with Gasteiger partial charge >= 0.3 is 0 Å². The number of nitrogens with one attached hydrogen (secondary N) is 1. The van der Waals surface area contributed by atoms with Gasteiger partial charge in [0.25, 0.3) is 0 Å². The Morgan fingerprint density at radius 2 is 1.66 bits per heavy atom. The zero-order chi connectivity index (χ0) is 20.2. The molecule has 4 heteroatoms. The fraction of sp³-hybridized carbons (Fsp3) is 0.720. The van der Waals surface area contributed by atoms with Crippen LogP contribution < -0.4 is 5.32 Å². The van der Waals surface area contributed by atoms with Gasteiger partial charge in [-0.15, -0.1) is 0 Å². The molecular weight excluding hydrogens is 360 g/mol. The van der Waals surface area contributed by atoms with Crippen molar-refractivity contribution in [3.8, 4) is 0 Å². The highest BCUT2D eigenvalue weighted by Gasteiger charge is 2.37. The maximum atomic E-state index is 13.1. The average molecular weight is 399 g/mol. The zero-order valence-corrected chi connectivity index (χ0v) is 18.2. The van der Waals surface area contributed by atoms with Gasteiger partial charge in [-0.25, -0.2) is 0 Å². The normalized spacial score (nSPS) is 25.7. The minimum atomic E-state index is -0.0525. The Hall–Kier alpha value is -1.39. The summed E-state index contributed by atoms with van der Waals surface area (Å²) in [6, 6.07) is 9.83. The molecule has 3 aliphatic rings. The molecule has 2 aliphatic heterocycles. The van der Waals surface area contributed by atoms with Crippen LogP contribution in [0.5, 0.6) is 0 Å². The van der Waals surface area contributed by atoms with E-state index < -0.39 is 0 Å². The average Bonchev–Trinajstić information content (AvgIpc) is 3.13. The lowest BCUT2D eigenvalue weighted by Crippen LogP contribution is -2.46. The van der Waals surface area contributed by atoms with Crippen LogP contribution in [0, 0.1) is 5.92 Å². The molecule has 2 atom stereocenters. The smallest absolute Gasteiger partial charge is 0.240 e. The summed E-state index contributed by atoms with van der Waals surface area (Å²) >= 11 is 0. The molecule has 0 radical (unpaired) electrons. The van der Waals surface area contributed by atoms with E-state index in [2.05, 4.69) is 48.3 Å². The second kappa shape index (κ2) is 9.61. The second-order valence-electron chi connectivity index (χ2n) is 9.61. The van der Waals surface area contributed by atoms with E-state index in [4.69, 9.17) is 4.74 Å². The Bertz CT molecular complexity index is 660. The van der Waals surface area contributed by atoms with E-state index in [0.29, 0.717) is 17.9 Å². The maximum Gasteiger partial charge on any atom is 0.240 e. The van der Waals surface area contributed by atoms with E-state index in [1.807, 2.05) is 0 Å². The van der Waals surface area contributed by atoms with Gasteiger partial charge in [0.15, 0.2) is 0 Å². The number of likely N-dealkylation sites (tertiary alicyclic amines) is 1. The van der Waals surface area contributed by atoms with Crippen LogP contribution in [-0.4, -0.2) is 42.6 Å². The summed E-state index contributed by atoms with van der Waals surface area (Å²) in [4.78, 5) is 15.2. The van der Waals surface area contributed by atoms with Gasteiger partial charge in [0.05, 0.1) is 6.04 Å². The highest BCUT2D eigenvalue weighted by Crippen LogP contribution is 2.34. The first-order chi connectivity index (χ1) is 14.1. The second-order valence-corrected chi connectivity index (χ2v) is 9.61. The van der Waals surface area contributed by atoms with Crippen LogP contribution in [-0.2, 0) is 9.53 Å². The molecule has 0 bridgehead atoms. The number of hydrogen-bond donors (Lipinski definition) is 1. The Labute approximate surface area is 176 Å². The summed E-state index contributed by atoms with van der Waals surface area (Å²) < 4.78 is 5.47. The highest BCUT2D eigenvalue weighted by molar-refractivity contribution is 5.84. The van der Waals surface area contributed by atoms with E-state index in [0.717, 1.165) is 44.9 Å². The van der Waals surface area contributed by atoms with Crippen molar-refractivity contribution in [3.63, 3.8) is 0 Å². The Morgan fingerprint density at radius 3 is 2.31 bits per heavy atom. The number of carbonyl (C=O) groups excluding carboxylic acids is 1. The van der Waals surface area contributed by atoms with Crippen LogP contribution in [0.25, 0.3) is 0 Å². The van der Waals surface area contributed by atoms with Crippen molar-refractivity contribution in [1.82, 2.24) is 10.2 Å². The molecule has 4 rings (SSSR count). The Morgan fingerprint density at radius 1 is 0.966 bits per heavy atom. The summed E-state index contributed by atoms with van der Waals surface area (Å²) in [7, 11) is 0. The van der Waals surface area contributed by atoms with E-state index in [-0.39, 0.29) is 12.1 Å². The van der Waals surface area contributed by atoms with Gasteiger partial charge < -0.3 is 9.64 Å². The van der Waals surface area contributed by atoms with Crippen molar-refractivity contribution in [2.45, 2.75) is 89.3 Å². The van der Waals surface area contributed by atoms with E-state index in [1.165, 1.54) is 43.2 Å². The molecule has 2 unspecified atom stereocenters. The molecule has 29 heavy (non-hydrogen) atoms. The lowest BCUT2D eigenvalue weighted by Gasteiger charge is -2.32. The maximum absolute atomic E-state index is 13.1. The Kier molecular flexibility index (Phi) is 6.92. The van der Waals surface area contributed by atoms with Crippen LogP contribution in [0.4, 0.5) is 0 Å². The van der Waals surface area contributed by atoms with Crippen LogP contribution in [0.15, 0.2) is 24.3 Å². The number of carbonyl (C=O) groups is 1. The third-order valence-corrected chi connectivity index (χ3v) is 7.29. The van der Waals surface area contributed by atoms with Crippen LogP contribution in [0.2, 0.25) is 0 Å². The molecule has 160 valence electrons. The zero-order valence-electron chi connectivity index (χ0n) is 18.2. The van der Waals surface area contributed by atoms with E-state index in [9.17, 15) is 4.79 Å². The molecule has 0 spiro atoms. The number of benzene rings is 1. The highest BCUT2D eigenvalue weighted by atomic mass is 16.5. The van der Waals surface area contributed by atoms with E-state index in [1.54, 1.807) is 0 Å². The van der Waals surface area contributed by atoms with Crippen molar-refractivity contribution in [2.24, 2.45) is 5.92 Å². The molecule has 0 aromatic heterocycles. The summed E-state index contributed by atoms with van der Waals surface area (Å²) in [6.45, 7) is 6.96. The SMILES string of the molecule is CC(C)C(NC1CCN(C2CCOCC2)C1=O)c1ccc(C2CCCCC2)cc1. The largest absolute Gasteiger partial charge is 0.381 e. The van der Waals surface area contributed by atoms with Gasteiger partial charge in [-0.3, -0.25) is 10.1 Å². The number of amides is 1. The van der Waals surface area contributed by atoms with E-state index >= 15 is 0 Å². The van der Waals surface area contributed by atoms with Crippen molar-refractivity contribution in [2.75, 3.05) is 19.8 Å². The summed E-state index contributed by atoms with van der Waals surface area (Å²) in [5, 5.41) is 3.73. The third kappa shape index (κ3) is 4.86. The van der Waals surface area contributed by atoms with Gasteiger partial charge in [0.2, 0.25) is 5.91 Å². The van der Waals surface area contributed by atoms with Crippen molar-refractivity contribution in [1.29, 1.82) is 0 Å². The van der Waals surface area contributed by atoms with Crippen LogP contribution in [0.3, 0.4) is 0 Å². The summed E-state index contributed by atoms with van der Waals surface area (Å²) in [6.07, 6.45) is 9.69. The molecule has 1 saturated carbocycles. The Balaban J connectivity index is 1.41. The molecule has 1 N–H and O–H groups in total. The van der Waals surface area contributed by atoms with Gasteiger partial charge in [-0.1, -0.05) is 57.4 Å². The summed E-state index contributed by atoms with van der Waals surface area (Å²) in [5.41, 5.74) is 2.82. The predicted molar refractivity (Wildman–Crippen MR) is 117 cm³/mol. The summed E-state index contributed by atoms with van der Waals surface area (Å²) in [5.74, 6) is 1.48. The fourth-order valence-corrected chi connectivity index (χ4v) is 5.52. The van der Waals surface area contributed by atoms with Gasteiger partial charge in [0, 0.05) is 31.8 Å². The van der Waals surface area contributed by atoms with Crippen LogP contribution >= 0.6 is 0 Å².